The van der Waals surface area contributed by atoms with Gasteiger partial charge in [0.25, 0.3) is 0 Å². The molecule has 0 radical (unpaired) electrons. The summed E-state index contributed by atoms with van der Waals surface area (Å²) in [5.41, 5.74) is 3.60. The zero-order valence-corrected chi connectivity index (χ0v) is 16.5. The van der Waals surface area contributed by atoms with Crippen LogP contribution in [0.25, 0.3) is 0 Å². The van der Waals surface area contributed by atoms with Crippen LogP contribution in [0.5, 0.6) is 11.5 Å². The third-order valence-electron chi connectivity index (χ3n) is 5.17. The van der Waals surface area contributed by atoms with E-state index in [2.05, 4.69) is 41.2 Å². The number of hydrogen-bond donors (Lipinski definition) is 1. The Morgan fingerprint density at radius 3 is 2.81 bits per heavy atom. The summed E-state index contributed by atoms with van der Waals surface area (Å²) in [6.45, 7) is 6.21. The number of ketones is 1. The first-order valence-electron chi connectivity index (χ1n) is 8.54. The second-order valence-corrected chi connectivity index (χ2v) is 8.59. The lowest BCUT2D eigenvalue weighted by molar-refractivity contribution is -0.118. The van der Waals surface area contributed by atoms with Crippen molar-refractivity contribution in [2.75, 3.05) is 6.79 Å². The SMILES string of the molecule is CC1=C(C#N)[C@@H](c2c(Br)ccc3c2OCO3)C2=C(CC(C)(C)CC2=O)N1. The fraction of sp³-hybridized carbons (Fsp3) is 0.400. The molecule has 26 heavy (non-hydrogen) atoms. The molecule has 2 aliphatic heterocycles. The van der Waals surface area contributed by atoms with Crippen LogP contribution < -0.4 is 14.8 Å². The molecule has 0 saturated carbocycles. The van der Waals surface area contributed by atoms with Crippen molar-refractivity contribution in [2.24, 2.45) is 5.41 Å². The quantitative estimate of drug-likeness (QED) is 0.741. The number of nitriles is 1. The highest BCUT2D eigenvalue weighted by molar-refractivity contribution is 9.10. The average molecular weight is 415 g/mol. The van der Waals surface area contributed by atoms with E-state index in [1.165, 1.54) is 0 Å². The summed E-state index contributed by atoms with van der Waals surface area (Å²) < 4.78 is 12.0. The fourth-order valence-electron chi connectivity index (χ4n) is 4.11. The van der Waals surface area contributed by atoms with E-state index in [0.717, 1.165) is 27.9 Å². The molecule has 134 valence electrons. The van der Waals surface area contributed by atoms with E-state index in [1.807, 2.05) is 19.1 Å². The van der Waals surface area contributed by atoms with Crippen LogP contribution in [0.3, 0.4) is 0 Å². The van der Waals surface area contributed by atoms with Gasteiger partial charge in [-0.1, -0.05) is 29.8 Å². The maximum absolute atomic E-state index is 13.1. The van der Waals surface area contributed by atoms with E-state index in [0.29, 0.717) is 29.1 Å². The van der Waals surface area contributed by atoms with Gasteiger partial charge in [0.2, 0.25) is 6.79 Å². The molecule has 0 unspecified atom stereocenters. The number of nitrogens with one attached hydrogen (secondary N) is 1. The number of halogens is 1. The Labute approximate surface area is 160 Å². The summed E-state index contributed by atoms with van der Waals surface area (Å²) >= 11 is 3.60. The number of ether oxygens (including phenoxy) is 2. The number of carbonyl (C=O) groups is 1. The molecule has 0 aromatic heterocycles. The Balaban J connectivity index is 1.97. The third kappa shape index (κ3) is 2.53. The van der Waals surface area contributed by atoms with Gasteiger partial charge in [0, 0.05) is 33.4 Å². The molecular weight excluding hydrogens is 396 g/mol. The van der Waals surface area contributed by atoms with Gasteiger partial charge in [-0.15, -0.1) is 0 Å². The van der Waals surface area contributed by atoms with Gasteiger partial charge in [-0.05, 0) is 30.9 Å². The summed E-state index contributed by atoms with van der Waals surface area (Å²) in [5, 5.41) is 13.2. The monoisotopic (exact) mass is 414 g/mol. The second-order valence-electron chi connectivity index (χ2n) is 7.74. The van der Waals surface area contributed by atoms with Crippen molar-refractivity contribution in [2.45, 2.75) is 39.5 Å². The lowest BCUT2D eigenvalue weighted by Crippen LogP contribution is -2.37. The van der Waals surface area contributed by atoms with Gasteiger partial charge < -0.3 is 14.8 Å². The Hall–Kier alpha value is -2.26. The summed E-state index contributed by atoms with van der Waals surface area (Å²) in [6, 6.07) is 6.02. The first-order chi connectivity index (χ1) is 12.3. The van der Waals surface area contributed by atoms with E-state index < -0.39 is 5.92 Å². The Kier molecular flexibility index (Phi) is 3.89. The van der Waals surface area contributed by atoms with E-state index in [9.17, 15) is 10.1 Å². The summed E-state index contributed by atoms with van der Waals surface area (Å²) in [6.07, 6.45) is 1.23. The molecule has 1 aliphatic carbocycles. The van der Waals surface area contributed by atoms with Crippen LogP contribution in [0.2, 0.25) is 0 Å². The minimum absolute atomic E-state index is 0.0809. The number of hydrogen-bond acceptors (Lipinski definition) is 5. The molecule has 0 amide bonds. The number of fused-ring (bicyclic) bond motifs is 1. The number of dihydropyridines is 1. The topological polar surface area (TPSA) is 71.3 Å². The molecule has 0 spiro atoms. The molecule has 1 atom stereocenters. The highest BCUT2D eigenvalue weighted by atomic mass is 79.9. The predicted molar refractivity (Wildman–Crippen MR) is 99.5 cm³/mol. The highest BCUT2D eigenvalue weighted by Gasteiger charge is 2.43. The first kappa shape index (κ1) is 17.2. The van der Waals surface area contributed by atoms with Gasteiger partial charge in [-0.2, -0.15) is 5.26 Å². The van der Waals surface area contributed by atoms with Crippen molar-refractivity contribution in [3.8, 4) is 17.6 Å². The Bertz CT molecular complexity index is 937. The van der Waals surface area contributed by atoms with Gasteiger partial charge >= 0.3 is 0 Å². The zero-order valence-electron chi connectivity index (χ0n) is 14.9. The largest absolute Gasteiger partial charge is 0.454 e. The van der Waals surface area contributed by atoms with Crippen LogP contribution in [0.4, 0.5) is 0 Å². The lowest BCUT2D eigenvalue weighted by Gasteiger charge is -2.39. The smallest absolute Gasteiger partial charge is 0.231 e. The van der Waals surface area contributed by atoms with Gasteiger partial charge in [-0.3, -0.25) is 4.79 Å². The van der Waals surface area contributed by atoms with Gasteiger partial charge in [0.05, 0.1) is 17.6 Å². The van der Waals surface area contributed by atoms with Crippen molar-refractivity contribution in [3.63, 3.8) is 0 Å². The minimum Gasteiger partial charge on any atom is -0.454 e. The van der Waals surface area contributed by atoms with Crippen molar-refractivity contribution in [1.29, 1.82) is 5.26 Å². The second kappa shape index (κ2) is 5.88. The molecule has 4 rings (SSSR count). The molecular formula is C20H19BrN2O3. The average Bonchev–Trinajstić information content (AvgIpc) is 3.01. The standard InChI is InChI=1S/C20H19BrN2O3/c1-10-11(8-22)16(17-12(21)4-5-15-19(17)26-9-25-15)18-13(23-10)6-20(2,3)7-14(18)24/h4-5,16,23H,6-7,9H2,1-3H3/t16-/m0/s1. The van der Waals surface area contributed by atoms with E-state index >= 15 is 0 Å². The highest BCUT2D eigenvalue weighted by Crippen LogP contribution is 2.52. The molecule has 6 heteroatoms. The number of nitrogens with zero attached hydrogens (tertiary/aromatic N) is 1. The number of allylic oxidation sites excluding steroid dienone is 4. The maximum Gasteiger partial charge on any atom is 0.231 e. The number of rotatable bonds is 1. The molecule has 2 heterocycles. The normalized spacial score (nSPS) is 23.5. The maximum atomic E-state index is 13.1. The van der Waals surface area contributed by atoms with Gasteiger partial charge in [0.1, 0.15) is 0 Å². The van der Waals surface area contributed by atoms with Crippen molar-refractivity contribution in [3.05, 3.63) is 44.7 Å². The Morgan fingerprint density at radius 1 is 1.31 bits per heavy atom. The molecule has 3 aliphatic rings. The van der Waals surface area contributed by atoms with Gasteiger partial charge in [0.15, 0.2) is 17.3 Å². The third-order valence-corrected chi connectivity index (χ3v) is 5.86. The summed E-state index contributed by atoms with van der Waals surface area (Å²) in [5.74, 6) is 0.877. The number of carbonyl (C=O) groups excluding carboxylic acids is 1. The molecule has 5 nitrogen and oxygen atoms in total. The van der Waals surface area contributed by atoms with E-state index in [4.69, 9.17) is 9.47 Å². The van der Waals surface area contributed by atoms with Crippen molar-refractivity contribution >= 4 is 21.7 Å². The van der Waals surface area contributed by atoms with E-state index in [-0.39, 0.29) is 18.0 Å². The molecule has 0 saturated heterocycles. The minimum atomic E-state index is -0.453. The number of benzene rings is 1. The predicted octanol–water partition coefficient (Wildman–Crippen LogP) is 4.31. The van der Waals surface area contributed by atoms with Gasteiger partial charge in [-0.25, -0.2) is 0 Å². The Morgan fingerprint density at radius 2 is 2.08 bits per heavy atom. The van der Waals surface area contributed by atoms with Crippen molar-refractivity contribution in [1.82, 2.24) is 5.32 Å². The van der Waals surface area contributed by atoms with Crippen LogP contribution in [0.1, 0.15) is 45.1 Å². The van der Waals surface area contributed by atoms with Crippen LogP contribution >= 0.6 is 15.9 Å². The fourth-order valence-corrected chi connectivity index (χ4v) is 4.65. The first-order valence-corrected chi connectivity index (χ1v) is 9.34. The van der Waals surface area contributed by atoms with Crippen LogP contribution in [0, 0.1) is 16.7 Å². The number of Topliss-reactive ketones (excluding diaryl/α,β-unsaturated/α-hetero) is 1. The lowest BCUT2D eigenvalue weighted by atomic mass is 9.68. The van der Waals surface area contributed by atoms with Crippen LogP contribution in [0.15, 0.2) is 39.1 Å². The summed E-state index contributed by atoms with van der Waals surface area (Å²) in [4.78, 5) is 13.1. The molecule has 0 bridgehead atoms. The van der Waals surface area contributed by atoms with Crippen LogP contribution in [-0.4, -0.2) is 12.6 Å². The van der Waals surface area contributed by atoms with Crippen LogP contribution in [-0.2, 0) is 4.79 Å². The molecule has 0 fully saturated rings. The van der Waals surface area contributed by atoms with Crippen molar-refractivity contribution < 1.29 is 14.3 Å². The summed E-state index contributed by atoms with van der Waals surface area (Å²) in [7, 11) is 0. The van der Waals surface area contributed by atoms with E-state index in [1.54, 1.807) is 0 Å². The zero-order chi connectivity index (χ0) is 18.6. The molecule has 1 N–H and O–H groups in total. The molecule has 1 aromatic carbocycles. The molecule has 1 aromatic rings.